The standard InChI is InChI=1S/C16H17NO4/c1-19-12-8-11(9-13(10-12)20-2)17-16(18)14-6-4-5-7-15(14)21-3/h4-10H,1-3H3,(H,17,18). The van der Waals surface area contributed by atoms with Gasteiger partial charge >= 0.3 is 0 Å². The van der Waals surface area contributed by atoms with Crippen LogP contribution in [0.1, 0.15) is 10.4 Å². The molecule has 0 aliphatic heterocycles. The highest BCUT2D eigenvalue weighted by Gasteiger charge is 2.12. The quantitative estimate of drug-likeness (QED) is 0.918. The van der Waals surface area contributed by atoms with Gasteiger partial charge in [0.1, 0.15) is 17.2 Å². The van der Waals surface area contributed by atoms with Gasteiger partial charge in [0, 0.05) is 23.9 Å². The summed E-state index contributed by atoms with van der Waals surface area (Å²) in [7, 11) is 4.64. The number of para-hydroxylation sites is 1. The summed E-state index contributed by atoms with van der Waals surface area (Å²) >= 11 is 0. The van der Waals surface area contributed by atoms with Gasteiger partial charge in [-0.2, -0.15) is 0 Å². The molecular formula is C16H17NO4. The van der Waals surface area contributed by atoms with Crippen LogP contribution in [0.3, 0.4) is 0 Å². The minimum absolute atomic E-state index is 0.261. The lowest BCUT2D eigenvalue weighted by molar-refractivity contribution is 0.102. The molecule has 0 unspecified atom stereocenters. The van der Waals surface area contributed by atoms with E-state index >= 15 is 0 Å². The molecule has 0 fully saturated rings. The number of rotatable bonds is 5. The second-order valence-corrected chi connectivity index (χ2v) is 4.26. The first-order valence-electron chi connectivity index (χ1n) is 6.35. The molecule has 21 heavy (non-hydrogen) atoms. The predicted molar refractivity (Wildman–Crippen MR) is 80.5 cm³/mol. The predicted octanol–water partition coefficient (Wildman–Crippen LogP) is 2.96. The molecule has 0 aromatic heterocycles. The molecule has 2 aromatic carbocycles. The highest BCUT2D eigenvalue weighted by molar-refractivity contribution is 6.06. The summed E-state index contributed by atoms with van der Waals surface area (Å²) in [6.45, 7) is 0. The highest BCUT2D eigenvalue weighted by Crippen LogP contribution is 2.27. The summed E-state index contributed by atoms with van der Waals surface area (Å²) in [4.78, 5) is 12.3. The maximum absolute atomic E-state index is 12.3. The maximum Gasteiger partial charge on any atom is 0.259 e. The minimum Gasteiger partial charge on any atom is -0.497 e. The Morgan fingerprint density at radius 2 is 1.52 bits per heavy atom. The van der Waals surface area contributed by atoms with Crippen LogP contribution in [0.2, 0.25) is 0 Å². The lowest BCUT2D eigenvalue weighted by Gasteiger charge is -2.11. The lowest BCUT2D eigenvalue weighted by Crippen LogP contribution is -2.13. The Bertz CT molecular complexity index is 618. The van der Waals surface area contributed by atoms with Crippen molar-refractivity contribution < 1.29 is 19.0 Å². The fourth-order valence-electron chi connectivity index (χ4n) is 1.91. The number of hydrogen-bond donors (Lipinski definition) is 1. The molecule has 1 N–H and O–H groups in total. The van der Waals surface area contributed by atoms with Crippen LogP contribution in [0.25, 0.3) is 0 Å². The fourth-order valence-corrected chi connectivity index (χ4v) is 1.91. The van der Waals surface area contributed by atoms with Crippen LogP contribution in [0, 0.1) is 0 Å². The fraction of sp³-hybridized carbons (Fsp3) is 0.188. The summed E-state index contributed by atoms with van der Waals surface area (Å²) in [6.07, 6.45) is 0. The SMILES string of the molecule is COc1cc(NC(=O)c2ccccc2OC)cc(OC)c1. The average molecular weight is 287 g/mol. The molecule has 1 amide bonds. The van der Waals surface area contributed by atoms with Crippen molar-refractivity contribution >= 4 is 11.6 Å². The van der Waals surface area contributed by atoms with E-state index in [1.807, 2.05) is 6.07 Å². The molecule has 0 aliphatic rings. The van der Waals surface area contributed by atoms with E-state index in [1.54, 1.807) is 50.6 Å². The number of ether oxygens (including phenoxy) is 3. The zero-order valence-electron chi connectivity index (χ0n) is 12.2. The van der Waals surface area contributed by atoms with E-state index in [9.17, 15) is 4.79 Å². The molecule has 2 rings (SSSR count). The first kappa shape index (κ1) is 14.7. The van der Waals surface area contributed by atoms with E-state index in [4.69, 9.17) is 14.2 Å². The number of nitrogens with one attached hydrogen (secondary N) is 1. The lowest BCUT2D eigenvalue weighted by atomic mass is 10.2. The number of amides is 1. The van der Waals surface area contributed by atoms with Crippen molar-refractivity contribution in [2.75, 3.05) is 26.6 Å². The number of anilines is 1. The van der Waals surface area contributed by atoms with Crippen molar-refractivity contribution in [2.24, 2.45) is 0 Å². The van der Waals surface area contributed by atoms with Crippen LogP contribution in [0.5, 0.6) is 17.2 Å². The number of hydrogen-bond acceptors (Lipinski definition) is 4. The molecule has 0 aliphatic carbocycles. The molecule has 2 aromatic rings. The van der Waals surface area contributed by atoms with Crippen molar-refractivity contribution in [1.82, 2.24) is 0 Å². The van der Waals surface area contributed by atoms with Gasteiger partial charge in [0.2, 0.25) is 0 Å². The Balaban J connectivity index is 2.27. The number of methoxy groups -OCH3 is 3. The van der Waals surface area contributed by atoms with Crippen molar-refractivity contribution in [2.45, 2.75) is 0 Å². The topological polar surface area (TPSA) is 56.8 Å². The summed E-state index contributed by atoms with van der Waals surface area (Å²) in [5.41, 5.74) is 1.05. The molecule has 0 bridgehead atoms. The maximum atomic E-state index is 12.3. The third kappa shape index (κ3) is 3.45. The summed E-state index contributed by atoms with van der Waals surface area (Å²) < 4.78 is 15.5. The Morgan fingerprint density at radius 1 is 0.905 bits per heavy atom. The van der Waals surface area contributed by atoms with E-state index in [-0.39, 0.29) is 5.91 Å². The third-order valence-corrected chi connectivity index (χ3v) is 2.96. The molecule has 5 heteroatoms. The Hall–Kier alpha value is -2.69. The van der Waals surface area contributed by atoms with Crippen molar-refractivity contribution in [1.29, 1.82) is 0 Å². The van der Waals surface area contributed by atoms with Crippen molar-refractivity contribution in [3.63, 3.8) is 0 Å². The van der Waals surface area contributed by atoms with Gasteiger partial charge in [-0.15, -0.1) is 0 Å². The van der Waals surface area contributed by atoms with Gasteiger partial charge < -0.3 is 19.5 Å². The molecule has 0 spiro atoms. The molecule has 0 radical (unpaired) electrons. The van der Waals surface area contributed by atoms with Gasteiger partial charge in [0.15, 0.2) is 0 Å². The second-order valence-electron chi connectivity index (χ2n) is 4.26. The van der Waals surface area contributed by atoms with Crippen LogP contribution in [-0.2, 0) is 0 Å². The third-order valence-electron chi connectivity index (χ3n) is 2.96. The Labute approximate surface area is 123 Å². The van der Waals surface area contributed by atoms with Crippen molar-refractivity contribution in [3.05, 3.63) is 48.0 Å². The first-order chi connectivity index (χ1) is 10.2. The van der Waals surface area contributed by atoms with Crippen LogP contribution >= 0.6 is 0 Å². The van der Waals surface area contributed by atoms with E-state index in [2.05, 4.69) is 5.32 Å². The van der Waals surface area contributed by atoms with Gasteiger partial charge in [0.05, 0.1) is 26.9 Å². The van der Waals surface area contributed by atoms with Crippen LogP contribution in [-0.4, -0.2) is 27.2 Å². The average Bonchev–Trinajstić information content (AvgIpc) is 2.54. The van der Waals surface area contributed by atoms with E-state index in [0.717, 1.165) is 0 Å². The van der Waals surface area contributed by atoms with Crippen LogP contribution < -0.4 is 19.5 Å². The summed E-state index contributed by atoms with van der Waals surface area (Å²) in [5, 5.41) is 2.80. The zero-order chi connectivity index (χ0) is 15.2. The van der Waals surface area contributed by atoms with Gasteiger partial charge in [0.25, 0.3) is 5.91 Å². The summed E-state index contributed by atoms with van der Waals surface area (Å²) in [6, 6.07) is 12.2. The van der Waals surface area contributed by atoms with Gasteiger partial charge in [-0.1, -0.05) is 12.1 Å². The minimum atomic E-state index is -0.261. The second kappa shape index (κ2) is 6.65. The smallest absolute Gasteiger partial charge is 0.259 e. The monoisotopic (exact) mass is 287 g/mol. The van der Waals surface area contributed by atoms with Gasteiger partial charge in [-0.25, -0.2) is 0 Å². The highest BCUT2D eigenvalue weighted by atomic mass is 16.5. The van der Waals surface area contributed by atoms with Gasteiger partial charge in [-0.3, -0.25) is 4.79 Å². The summed E-state index contributed by atoms with van der Waals surface area (Å²) in [5.74, 6) is 1.46. The largest absolute Gasteiger partial charge is 0.497 e. The Kier molecular flexibility index (Phi) is 4.66. The number of carbonyl (C=O) groups excluding carboxylic acids is 1. The Morgan fingerprint density at radius 3 is 2.10 bits per heavy atom. The van der Waals surface area contributed by atoms with E-state index in [1.165, 1.54) is 7.11 Å². The van der Waals surface area contributed by atoms with E-state index < -0.39 is 0 Å². The number of benzene rings is 2. The first-order valence-corrected chi connectivity index (χ1v) is 6.35. The molecule has 0 heterocycles. The molecule has 110 valence electrons. The molecule has 0 saturated carbocycles. The molecule has 5 nitrogen and oxygen atoms in total. The van der Waals surface area contributed by atoms with Crippen LogP contribution in [0.4, 0.5) is 5.69 Å². The van der Waals surface area contributed by atoms with Crippen LogP contribution in [0.15, 0.2) is 42.5 Å². The zero-order valence-corrected chi connectivity index (χ0v) is 12.2. The molecule has 0 atom stereocenters. The molecular weight excluding hydrogens is 270 g/mol. The normalized spacial score (nSPS) is 9.86. The van der Waals surface area contributed by atoms with E-state index in [0.29, 0.717) is 28.5 Å². The number of carbonyl (C=O) groups is 1. The van der Waals surface area contributed by atoms with Gasteiger partial charge in [-0.05, 0) is 12.1 Å². The van der Waals surface area contributed by atoms with Crippen molar-refractivity contribution in [3.8, 4) is 17.2 Å². The molecule has 0 saturated heterocycles.